The van der Waals surface area contributed by atoms with Crippen molar-refractivity contribution >= 4 is 11.6 Å². The zero-order chi connectivity index (χ0) is 15.4. The van der Waals surface area contributed by atoms with E-state index in [1.807, 2.05) is 16.3 Å². The number of aromatic nitrogens is 4. The van der Waals surface area contributed by atoms with Crippen molar-refractivity contribution < 1.29 is 0 Å². The van der Waals surface area contributed by atoms with Crippen molar-refractivity contribution in [2.75, 3.05) is 6.54 Å². The molecule has 0 saturated carbocycles. The molecule has 0 saturated heterocycles. The lowest BCUT2D eigenvalue weighted by Gasteiger charge is -2.05. The van der Waals surface area contributed by atoms with Gasteiger partial charge in [0.15, 0.2) is 0 Å². The fraction of sp³-hybridized carbons (Fsp3) is 0.600. The maximum Gasteiger partial charge on any atom is 0.0869 e. The average Bonchev–Trinajstić information content (AvgIpc) is 2.98. The van der Waals surface area contributed by atoms with Crippen molar-refractivity contribution in [2.45, 2.75) is 53.8 Å². The zero-order valence-corrected chi connectivity index (χ0v) is 14.0. The lowest BCUT2D eigenvalue weighted by molar-refractivity contribution is 0.572. The largest absolute Gasteiger partial charge is 0.313 e. The summed E-state index contributed by atoms with van der Waals surface area (Å²) in [6, 6.07) is 0. The van der Waals surface area contributed by atoms with E-state index >= 15 is 0 Å². The van der Waals surface area contributed by atoms with E-state index in [-0.39, 0.29) is 0 Å². The summed E-state index contributed by atoms with van der Waals surface area (Å²) in [4.78, 5) is 0. The normalized spacial score (nSPS) is 11.3. The van der Waals surface area contributed by atoms with Gasteiger partial charge in [0.2, 0.25) is 0 Å². The highest BCUT2D eigenvalue weighted by Crippen LogP contribution is 2.22. The van der Waals surface area contributed by atoms with Crippen molar-refractivity contribution in [3.05, 3.63) is 33.9 Å². The van der Waals surface area contributed by atoms with Crippen LogP contribution >= 0.6 is 11.6 Å². The van der Waals surface area contributed by atoms with E-state index in [0.717, 1.165) is 48.2 Å². The molecule has 2 heterocycles. The van der Waals surface area contributed by atoms with E-state index in [4.69, 9.17) is 11.6 Å². The maximum absolute atomic E-state index is 6.45. The summed E-state index contributed by atoms with van der Waals surface area (Å²) in [5.74, 6) is 0. The lowest BCUT2D eigenvalue weighted by Crippen LogP contribution is -2.12. The monoisotopic (exact) mass is 309 g/mol. The Morgan fingerprint density at radius 2 is 2.00 bits per heavy atom. The molecule has 0 atom stereocenters. The van der Waals surface area contributed by atoms with Gasteiger partial charge < -0.3 is 5.32 Å². The molecule has 2 rings (SSSR count). The van der Waals surface area contributed by atoms with Gasteiger partial charge in [0, 0.05) is 24.8 Å². The summed E-state index contributed by atoms with van der Waals surface area (Å²) < 4.78 is 3.93. The van der Waals surface area contributed by atoms with Crippen molar-refractivity contribution in [3.8, 4) is 0 Å². The molecule has 0 bridgehead atoms. The van der Waals surface area contributed by atoms with Crippen LogP contribution in [0.3, 0.4) is 0 Å². The smallest absolute Gasteiger partial charge is 0.0869 e. The Balaban J connectivity index is 2.24. The molecule has 2 aromatic rings. The molecular formula is C15H24ClN5. The van der Waals surface area contributed by atoms with Crippen LogP contribution in [0.25, 0.3) is 0 Å². The molecule has 0 radical (unpaired) electrons. The van der Waals surface area contributed by atoms with E-state index in [0.29, 0.717) is 6.54 Å². The van der Waals surface area contributed by atoms with Crippen molar-refractivity contribution in [3.63, 3.8) is 0 Å². The van der Waals surface area contributed by atoms with Crippen LogP contribution in [0.5, 0.6) is 0 Å². The maximum atomic E-state index is 6.45. The Labute approximate surface area is 131 Å². The molecule has 116 valence electrons. The highest BCUT2D eigenvalue weighted by Gasteiger charge is 2.15. The second-order valence-electron chi connectivity index (χ2n) is 5.09. The molecule has 0 amide bonds. The van der Waals surface area contributed by atoms with Gasteiger partial charge in [0.25, 0.3) is 0 Å². The number of aryl methyl sites for hydroxylation is 3. The Morgan fingerprint density at radius 1 is 1.24 bits per heavy atom. The van der Waals surface area contributed by atoms with Gasteiger partial charge in [-0.3, -0.25) is 9.36 Å². The minimum absolute atomic E-state index is 0.659. The third-order valence-corrected chi connectivity index (χ3v) is 4.06. The standard InChI is InChI=1S/C15H24ClN5/c1-5-13-15(16)14(21(7-3)19-13)10-20-9-12(8-17-6-2)11(4)18-20/h9,17H,5-8,10H2,1-4H3. The first-order chi connectivity index (χ1) is 10.1. The van der Waals surface area contributed by atoms with Gasteiger partial charge in [-0.15, -0.1) is 0 Å². The quantitative estimate of drug-likeness (QED) is 0.855. The van der Waals surface area contributed by atoms with E-state index in [2.05, 4.69) is 42.5 Å². The average molecular weight is 310 g/mol. The van der Waals surface area contributed by atoms with Crippen LogP contribution in [0.2, 0.25) is 5.02 Å². The van der Waals surface area contributed by atoms with Crippen LogP contribution in [0.4, 0.5) is 0 Å². The van der Waals surface area contributed by atoms with Gasteiger partial charge in [0.1, 0.15) is 0 Å². The first-order valence-corrected chi connectivity index (χ1v) is 7.96. The second-order valence-corrected chi connectivity index (χ2v) is 5.47. The fourth-order valence-electron chi connectivity index (χ4n) is 2.40. The molecular weight excluding hydrogens is 286 g/mol. The van der Waals surface area contributed by atoms with E-state index < -0.39 is 0 Å². The molecule has 0 aromatic carbocycles. The first-order valence-electron chi connectivity index (χ1n) is 7.58. The zero-order valence-electron chi connectivity index (χ0n) is 13.3. The van der Waals surface area contributed by atoms with Gasteiger partial charge in [-0.1, -0.05) is 25.4 Å². The summed E-state index contributed by atoms with van der Waals surface area (Å²) in [7, 11) is 0. The van der Waals surface area contributed by atoms with E-state index in [1.54, 1.807) is 0 Å². The third kappa shape index (κ3) is 3.47. The number of hydrogen-bond donors (Lipinski definition) is 1. The Morgan fingerprint density at radius 3 is 2.62 bits per heavy atom. The molecule has 0 aliphatic rings. The third-order valence-electron chi connectivity index (χ3n) is 3.62. The first kappa shape index (κ1) is 16.0. The molecule has 21 heavy (non-hydrogen) atoms. The number of hydrogen-bond acceptors (Lipinski definition) is 3. The number of rotatable bonds is 7. The summed E-state index contributed by atoms with van der Waals surface area (Å²) in [6.07, 6.45) is 2.94. The Bertz CT molecular complexity index is 599. The molecule has 5 nitrogen and oxygen atoms in total. The van der Waals surface area contributed by atoms with Crippen molar-refractivity contribution in [2.24, 2.45) is 0 Å². The van der Waals surface area contributed by atoms with Crippen LogP contribution in [0, 0.1) is 6.92 Å². The number of nitrogens with zero attached hydrogens (tertiary/aromatic N) is 4. The van der Waals surface area contributed by atoms with Crippen molar-refractivity contribution in [1.82, 2.24) is 24.9 Å². The summed E-state index contributed by atoms with van der Waals surface area (Å²) in [6.45, 7) is 11.6. The second kappa shape index (κ2) is 7.09. The van der Waals surface area contributed by atoms with Crippen LogP contribution in [-0.4, -0.2) is 26.1 Å². The van der Waals surface area contributed by atoms with Crippen LogP contribution in [0.15, 0.2) is 6.20 Å². The fourth-order valence-corrected chi connectivity index (χ4v) is 2.72. The molecule has 2 aromatic heterocycles. The van der Waals surface area contributed by atoms with Gasteiger partial charge in [0.05, 0.1) is 28.6 Å². The molecule has 0 spiro atoms. The summed E-state index contributed by atoms with van der Waals surface area (Å²) in [5, 5.41) is 13.3. The van der Waals surface area contributed by atoms with Crippen LogP contribution < -0.4 is 5.32 Å². The minimum atomic E-state index is 0.659. The molecule has 0 unspecified atom stereocenters. The lowest BCUT2D eigenvalue weighted by atomic mass is 10.2. The molecule has 1 N–H and O–H groups in total. The van der Waals surface area contributed by atoms with Gasteiger partial charge in [-0.2, -0.15) is 10.2 Å². The van der Waals surface area contributed by atoms with Crippen molar-refractivity contribution in [1.29, 1.82) is 0 Å². The SMILES string of the molecule is CCNCc1cn(Cc2c(Cl)c(CC)nn2CC)nc1C. The molecule has 0 aliphatic carbocycles. The van der Waals surface area contributed by atoms with E-state index in [9.17, 15) is 0 Å². The number of nitrogens with one attached hydrogen (secondary N) is 1. The molecule has 0 fully saturated rings. The summed E-state index contributed by atoms with van der Waals surface area (Å²) >= 11 is 6.45. The van der Waals surface area contributed by atoms with E-state index in [1.165, 1.54) is 5.56 Å². The topological polar surface area (TPSA) is 47.7 Å². The molecule has 0 aliphatic heterocycles. The van der Waals surface area contributed by atoms with Crippen LogP contribution in [-0.2, 0) is 26.1 Å². The Kier molecular flexibility index (Phi) is 5.42. The van der Waals surface area contributed by atoms with Gasteiger partial charge in [-0.25, -0.2) is 0 Å². The highest BCUT2D eigenvalue weighted by molar-refractivity contribution is 6.31. The summed E-state index contributed by atoms with van der Waals surface area (Å²) in [5.41, 5.74) is 4.29. The molecule has 6 heteroatoms. The van der Waals surface area contributed by atoms with Gasteiger partial charge in [-0.05, 0) is 26.8 Å². The predicted molar refractivity (Wildman–Crippen MR) is 85.7 cm³/mol. The predicted octanol–water partition coefficient (Wildman–Crippen LogP) is 2.78. The highest BCUT2D eigenvalue weighted by atomic mass is 35.5. The number of halogens is 1. The van der Waals surface area contributed by atoms with Gasteiger partial charge >= 0.3 is 0 Å². The Hall–Kier alpha value is -1.33. The van der Waals surface area contributed by atoms with Crippen LogP contribution in [0.1, 0.15) is 43.4 Å². The minimum Gasteiger partial charge on any atom is -0.313 e.